The predicted octanol–water partition coefficient (Wildman–Crippen LogP) is 3.37. The van der Waals surface area contributed by atoms with Gasteiger partial charge in [-0.1, -0.05) is 31.6 Å². The first-order valence-corrected chi connectivity index (χ1v) is 9.28. The van der Waals surface area contributed by atoms with E-state index in [0.717, 1.165) is 11.1 Å². The van der Waals surface area contributed by atoms with Gasteiger partial charge in [-0.15, -0.1) is 0 Å². The van der Waals surface area contributed by atoms with E-state index in [0.29, 0.717) is 18.2 Å². The van der Waals surface area contributed by atoms with Gasteiger partial charge in [-0.05, 0) is 51.3 Å². The zero-order valence-corrected chi connectivity index (χ0v) is 17.5. The fourth-order valence-electron chi connectivity index (χ4n) is 2.04. The maximum Gasteiger partial charge on any atom is 0.408 e. The first kappa shape index (κ1) is 23.2. The molecule has 0 aliphatic rings. The van der Waals surface area contributed by atoms with Crippen LogP contribution in [0.15, 0.2) is 35.9 Å². The lowest BCUT2D eigenvalue weighted by Crippen LogP contribution is -2.37. The molecule has 1 aromatic rings. The highest BCUT2D eigenvalue weighted by Crippen LogP contribution is 2.11. The number of anilines is 1. The zero-order chi connectivity index (χ0) is 21.3. The van der Waals surface area contributed by atoms with Crippen molar-refractivity contribution in [3.05, 3.63) is 41.5 Å². The van der Waals surface area contributed by atoms with Crippen molar-refractivity contribution in [2.24, 2.45) is 5.92 Å². The van der Waals surface area contributed by atoms with Gasteiger partial charge in [0.25, 0.3) is 0 Å². The zero-order valence-electron chi connectivity index (χ0n) is 17.5. The summed E-state index contributed by atoms with van der Waals surface area (Å²) < 4.78 is 5.08. The van der Waals surface area contributed by atoms with E-state index in [4.69, 9.17) is 4.74 Å². The monoisotopic (exact) mass is 389 g/mol. The van der Waals surface area contributed by atoms with Crippen LogP contribution in [0, 0.1) is 5.92 Å². The van der Waals surface area contributed by atoms with Crippen LogP contribution in [0.5, 0.6) is 0 Å². The quantitative estimate of drug-likeness (QED) is 0.623. The van der Waals surface area contributed by atoms with Gasteiger partial charge < -0.3 is 20.7 Å². The van der Waals surface area contributed by atoms with Gasteiger partial charge in [0.05, 0.1) is 0 Å². The number of amides is 3. The summed E-state index contributed by atoms with van der Waals surface area (Å²) in [4.78, 5) is 35.5. The summed E-state index contributed by atoms with van der Waals surface area (Å²) in [6.45, 7) is 11.4. The van der Waals surface area contributed by atoms with Crippen LogP contribution in [-0.4, -0.2) is 30.1 Å². The van der Waals surface area contributed by atoms with Crippen LogP contribution >= 0.6 is 0 Å². The Hall–Kier alpha value is -2.83. The molecule has 0 heterocycles. The molecule has 0 aromatic heterocycles. The van der Waals surface area contributed by atoms with Crippen LogP contribution in [0.25, 0.3) is 0 Å². The summed E-state index contributed by atoms with van der Waals surface area (Å²) in [5.74, 6) is -0.205. The van der Waals surface area contributed by atoms with Gasteiger partial charge in [0.2, 0.25) is 11.8 Å². The minimum absolute atomic E-state index is 0.151. The van der Waals surface area contributed by atoms with E-state index in [-0.39, 0.29) is 18.4 Å². The molecule has 3 N–H and O–H groups in total. The third-order valence-electron chi connectivity index (χ3n) is 3.74. The number of hydrogen-bond donors (Lipinski definition) is 3. The average Bonchev–Trinajstić information content (AvgIpc) is 2.57. The number of allylic oxidation sites excluding steroid dienone is 1. The van der Waals surface area contributed by atoms with E-state index in [1.54, 1.807) is 45.0 Å². The Morgan fingerprint density at radius 2 is 1.82 bits per heavy atom. The fourth-order valence-corrected chi connectivity index (χ4v) is 2.04. The second-order valence-corrected chi connectivity index (χ2v) is 7.86. The number of ether oxygens (including phenoxy) is 1. The van der Waals surface area contributed by atoms with Crippen LogP contribution in [-0.2, 0) is 20.9 Å². The maximum absolute atomic E-state index is 12.0. The van der Waals surface area contributed by atoms with Crippen molar-refractivity contribution in [2.75, 3.05) is 11.9 Å². The molecule has 1 aromatic carbocycles. The van der Waals surface area contributed by atoms with Crippen molar-refractivity contribution in [3.8, 4) is 0 Å². The SMILES string of the molecule is C/C(=C\C(=O)NCc1cccc(NC(=O)CNC(=O)OC(C)(C)C)c1)C(C)C. The van der Waals surface area contributed by atoms with Gasteiger partial charge in [0.1, 0.15) is 12.1 Å². The van der Waals surface area contributed by atoms with E-state index >= 15 is 0 Å². The molecule has 0 unspecified atom stereocenters. The molecule has 0 aliphatic heterocycles. The second kappa shape index (κ2) is 10.5. The summed E-state index contributed by atoms with van der Waals surface area (Å²) in [5.41, 5.74) is 1.82. The highest BCUT2D eigenvalue weighted by Gasteiger charge is 2.16. The Balaban J connectivity index is 2.52. The highest BCUT2D eigenvalue weighted by molar-refractivity contribution is 5.94. The van der Waals surface area contributed by atoms with Crippen molar-refractivity contribution in [2.45, 2.75) is 53.7 Å². The minimum atomic E-state index is -0.649. The van der Waals surface area contributed by atoms with Crippen LogP contribution in [0.3, 0.4) is 0 Å². The Bertz CT molecular complexity index is 733. The summed E-state index contributed by atoms with van der Waals surface area (Å²) >= 11 is 0. The molecule has 0 atom stereocenters. The Morgan fingerprint density at radius 1 is 1.14 bits per heavy atom. The molecule has 3 amide bonds. The van der Waals surface area contributed by atoms with Crippen molar-refractivity contribution in [3.63, 3.8) is 0 Å². The minimum Gasteiger partial charge on any atom is -0.444 e. The van der Waals surface area contributed by atoms with E-state index in [1.807, 2.05) is 26.8 Å². The number of carbonyl (C=O) groups excluding carboxylic acids is 3. The van der Waals surface area contributed by atoms with Crippen molar-refractivity contribution in [1.82, 2.24) is 10.6 Å². The lowest BCUT2D eigenvalue weighted by Gasteiger charge is -2.19. The van der Waals surface area contributed by atoms with E-state index < -0.39 is 11.7 Å². The lowest BCUT2D eigenvalue weighted by atomic mass is 10.1. The number of hydrogen-bond acceptors (Lipinski definition) is 4. The number of rotatable bonds is 7. The van der Waals surface area contributed by atoms with Crippen LogP contribution < -0.4 is 16.0 Å². The summed E-state index contributed by atoms with van der Waals surface area (Å²) in [6, 6.07) is 7.14. The molecule has 1 rings (SSSR count). The number of carbonyl (C=O) groups is 3. The van der Waals surface area contributed by atoms with Crippen LogP contribution in [0.4, 0.5) is 10.5 Å². The first-order valence-electron chi connectivity index (χ1n) is 9.28. The smallest absolute Gasteiger partial charge is 0.408 e. The highest BCUT2D eigenvalue weighted by atomic mass is 16.6. The van der Waals surface area contributed by atoms with Crippen molar-refractivity contribution < 1.29 is 19.1 Å². The molecule has 0 saturated heterocycles. The normalized spacial score (nSPS) is 11.8. The Kier molecular flexibility index (Phi) is 8.70. The average molecular weight is 389 g/mol. The largest absolute Gasteiger partial charge is 0.444 e. The summed E-state index contributed by atoms with van der Waals surface area (Å²) in [6.07, 6.45) is 0.947. The van der Waals surface area contributed by atoms with Crippen LogP contribution in [0.2, 0.25) is 0 Å². The molecule has 7 nitrogen and oxygen atoms in total. The molecule has 154 valence electrons. The molecule has 0 spiro atoms. The number of nitrogens with one attached hydrogen (secondary N) is 3. The third kappa shape index (κ3) is 9.75. The topological polar surface area (TPSA) is 96.5 Å². The van der Waals surface area contributed by atoms with Crippen molar-refractivity contribution >= 4 is 23.6 Å². The van der Waals surface area contributed by atoms with Gasteiger partial charge in [-0.25, -0.2) is 4.79 Å². The second-order valence-electron chi connectivity index (χ2n) is 7.86. The van der Waals surface area contributed by atoms with Gasteiger partial charge in [0, 0.05) is 18.3 Å². The van der Waals surface area contributed by atoms with Crippen molar-refractivity contribution in [1.29, 1.82) is 0 Å². The van der Waals surface area contributed by atoms with Gasteiger partial charge in [0.15, 0.2) is 0 Å². The molecule has 28 heavy (non-hydrogen) atoms. The molecule has 0 saturated carbocycles. The first-order chi connectivity index (χ1) is 13.0. The molecule has 7 heteroatoms. The summed E-state index contributed by atoms with van der Waals surface area (Å²) in [7, 11) is 0. The molecule has 0 radical (unpaired) electrons. The fraction of sp³-hybridized carbons (Fsp3) is 0.476. The maximum atomic E-state index is 12.0. The molecular weight excluding hydrogens is 358 g/mol. The Labute approximate surface area is 166 Å². The van der Waals surface area contributed by atoms with Crippen LogP contribution in [0.1, 0.15) is 47.1 Å². The molecule has 0 aliphatic carbocycles. The van der Waals surface area contributed by atoms with E-state index in [2.05, 4.69) is 16.0 Å². The number of alkyl carbamates (subject to hydrolysis) is 1. The van der Waals surface area contributed by atoms with Gasteiger partial charge in [-0.3, -0.25) is 9.59 Å². The summed E-state index contributed by atoms with van der Waals surface area (Å²) in [5, 5.41) is 7.93. The third-order valence-corrected chi connectivity index (χ3v) is 3.74. The molecular formula is C21H31N3O4. The standard InChI is InChI=1S/C21H31N3O4/c1-14(2)15(3)10-18(25)22-12-16-8-7-9-17(11-16)24-19(26)13-23-20(27)28-21(4,5)6/h7-11,14H,12-13H2,1-6H3,(H,22,25)(H,23,27)(H,24,26)/b15-10+. The van der Waals surface area contributed by atoms with E-state index in [9.17, 15) is 14.4 Å². The lowest BCUT2D eigenvalue weighted by molar-refractivity contribution is -0.117. The molecule has 0 fully saturated rings. The number of benzene rings is 1. The molecule has 0 bridgehead atoms. The Morgan fingerprint density at radius 3 is 2.43 bits per heavy atom. The van der Waals surface area contributed by atoms with Gasteiger partial charge in [-0.2, -0.15) is 0 Å². The van der Waals surface area contributed by atoms with Gasteiger partial charge >= 0.3 is 6.09 Å². The van der Waals surface area contributed by atoms with E-state index in [1.165, 1.54) is 0 Å². The predicted molar refractivity (Wildman–Crippen MR) is 110 cm³/mol.